The van der Waals surface area contributed by atoms with Gasteiger partial charge in [-0.25, -0.2) is 4.79 Å². The van der Waals surface area contributed by atoms with Gasteiger partial charge >= 0.3 is 6.09 Å². The molecule has 3 rings (SSSR count). The Kier molecular flexibility index (Phi) is 4.23. The van der Waals surface area contributed by atoms with Crippen LogP contribution in [0.4, 0.5) is 4.79 Å². The van der Waals surface area contributed by atoms with E-state index in [1.807, 2.05) is 26.8 Å². The van der Waals surface area contributed by atoms with E-state index in [1.54, 1.807) is 11.0 Å². The van der Waals surface area contributed by atoms with Crippen molar-refractivity contribution in [2.24, 2.45) is 0 Å². The number of aromatic amines is 1. The Balaban J connectivity index is 1.85. The fourth-order valence-corrected chi connectivity index (χ4v) is 3.48. The number of fused-ring (bicyclic) bond motifs is 3. The van der Waals surface area contributed by atoms with E-state index >= 15 is 0 Å². The van der Waals surface area contributed by atoms with E-state index in [4.69, 9.17) is 27.9 Å². The Bertz CT molecular complexity index is 762. The molecule has 0 unspecified atom stereocenters. The first-order chi connectivity index (χ1) is 10.7. The predicted molar refractivity (Wildman–Crippen MR) is 93.5 cm³/mol. The maximum Gasteiger partial charge on any atom is 0.410 e. The average molecular weight is 355 g/mol. The van der Waals surface area contributed by atoms with Crippen LogP contribution in [0.1, 0.15) is 32.0 Å². The smallest absolute Gasteiger partial charge is 0.410 e. The highest BCUT2D eigenvalue weighted by Crippen LogP contribution is 2.33. The highest BCUT2D eigenvalue weighted by molar-refractivity contribution is 6.38. The number of hydrogen-bond donors (Lipinski definition) is 1. The minimum Gasteiger partial charge on any atom is -0.444 e. The Morgan fingerprint density at radius 3 is 2.61 bits per heavy atom. The molecule has 1 aliphatic rings. The summed E-state index contributed by atoms with van der Waals surface area (Å²) in [6, 6.07) is 3.68. The lowest BCUT2D eigenvalue weighted by Crippen LogP contribution is -2.38. The third kappa shape index (κ3) is 3.43. The molecule has 2 aromatic rings. The largest absolute Gasteiger partial charge is 0.444 e. The summed E-state index contributed by atoms with van der Waals surface area (Å²) in [5.74, 6) is 0. The molecule has 4 nitrogen and oxygen atoms in total. The first kappa shape index (κ1) is 16.5. The third-order valence-electron chi connectivity index (χ3n) is 3.94. The van der Waals surface area contributed by atoms with Gasteiger partial charge in [-0.2, -0.15) is 0 Å². The monoisotopic (exact) mass is 354 g/mol. The fraction of sp³-hybridized carbons (Fsp3) is 0.471. The molecule has 2 heterocycles. The molecule has 0 saturated carbocycles. The van der Waals surface area contributed by atoms with E-state index in [0.29, 0.717) is 23.1 Å². The average Bonchev–Trinajstić information content (AvgIpc) is 2.63. The van der Waals surface area contributed by atoms with Gasteiger partial charge in [0.05, 0.1) is 10.5 Å². The molecule has 0 fully saturated rings. The lowest BCUT2D eigenvalue weighted by atomic mass is 10.1. The number of ether oxygens (including phenoxy) is 1. The quantitative estimate of drug-likeness (QED) is 0.737. The highest BCUT2D eigenvalue weighted by atomic mass is 35.5. The molecule has 1 N–H and O–H groups in total. The first-order valence-electron chi connectivity index (χ1n) is 7.71. The summed E-state index contributed by atoms with van der Waals surface area (Å²) in [5, 5.41) is 2.30. The molecule has 1 amide bonds. The Morgan fingerprint density at radius 2 is 1.91 bits per heavy atom. The summed E-state index contributed by atoms with van der Waals surface area (Å²) < 4.78 is 5.47. The summed E-state index contributed by atoms with van der Waals surface area (Å²) in [7, 11) is 0. The molecule has 0 aliphatic carbocycles. The minimum atomic E-state index is -0.481. The number of aromatic nitrogens is 1. The van der Waals surface area contributed by atoms with E-state index in [1.165, 1.54) is 5.56 Å². The van der Waals surface area contributed by atoms with Crippen LogP contribution in [0.15, 0.2) is 12.1 Å². The van der Waals surface area contributed by atoms with Gasteiger partial charge in [0.25, 0.3) is 0 Å². The van der Waals surface area contributed by atoms with Crippen molar-refractivity contribution in [2.45, 2.75) is 39.2 Å². The van der Waals surface area contributed by atoms with Crippen molar-refractivity contribution in [1.29, 1.82) is 0 Å². The number of amides is 1. The predicted octanol–water partition coefficient (Wildman–Crippen LogP) is 4.81. The van der Waals surface area contributed by atoms with Crippen molar-refractivity contribution in [1.82, 2.24) is 9.88 Å². The van der Waals surface area contributed by atoms with Gasteiger partial charge in [0.15, 0.2) is 0 Å². The number of carbonyl (C=O) groups excluding carboxylic acids is 1. The summed E-state index contributed by atoms with van der Waals surface area (Å²) in [6.07, 6.45) is 1.24. The molecule has 1 aromatic heterocycles. The lowest BCUT2D eigenvalue weighted by Gasteiger charge is -2.26. The zero-order valence-corrected chi connectivity index (χ0v) is 15.0. The summed E-state index contributed by atoms with van der Waals surface area (Å²) in [5.41, 5.74) is 2.75. The van der Waals surface area contributed by atoms with Gasteiger partial charge in [0.2, 0.25) is 0 Å². The molecular weight excluding hydrogens is 335 g/mol. The van der Waals surface area contributed by atoms with Crippen LogP contribution in [0.2, 0.25) is 10.0 Å². The molecule has 0 saturated heterocycles. The second kappa shape index (κ2) is 5.91. The number of H-pyrrole nitrogens is 1. The highest BCUT2D eigenvalue weighted by Gasteiger charge is 2.26. The summed E-state index contributed by atoms with van der Waals surface area (Å²) in [6.45, 7) is 6.88. The van der Waals surface area contributed by atoms with Gasteiger partial charge in [-0.15, -0.1) is 0 Å². The van der Waals surface area contributed by atoms with Gasteiger partial charge in [-0.1, -0.05) is 23.2 Å². The van der Waals surface area contributed by atoms with Crippen LogP contribution >= 0.6 is 23.2 Å². The molecule has 6 heteroatoms. The number of carbonyl (C=O) groups is 1. The third-order valence-corrected chi connectivity index (χ3v) is 4.45. The zero-order valence-electron chi connectivity index (χ0n) is 13.5. The van der Waals surface area contributed by atoms with Crippen LogP contribution in [0.5, 0.6) is 0 Å². The van der Waals surface area contributed by atoms with Crippen molar-refractivity contribution in [3.8, 4) is 0 Å². The number of nitrogens with zero attached hydrogens (tertiary/aromatic N) is 1. The van der Waals surface area contributed by atoms with E-state index in [2.05, 4.69) is 4.98 Å². The molecule has 1 aliphatic heterocycles. The SMILES string of the molecule is CC(C)(C)OC(=O)N1CCc2[nH]c3c(Cl)cc(Cl)cc3c2CC1. The molecule has 0 spiro atoms. The summed E-state index contributed by atoms with van der Waals surface area (Å²) >= 11 is 12.4. The lowest BCUT2D eigenvalue weighted by molar-refractivity contribution is 0.0258. The van der Waals surface area contributed by atoms with E-state index in [0.717, 1.165) is 29.4 Å². The number of benzene rings is 1. The minimum absolute atomic E-state index is 0.261. The van der Waals surface area contributed by atoms with Crippen molar-refractivity contribution in [3.63, 3.8) is 0 Å². The van der Waals surface area contributed by atoms with E-state index in [-0.39, 0.29) is 6.09 Å². The fourth-order valence-electron chi connectivity index (χ4n) is 2.94. The number of rotatable bonds is 0. The maximum atomic E-state index is 12.3. The van der Waals surface area contributed by atoms with Crippen molar-refractivity contribution < 1.29 is 9.53 Å². The Labute approximate surface area is 145 Å². The molecule has 0 radical (unpaired) electrons. The van der Waals surface area contributed by atoms with Gasteiger partial charge < -0.3 is 14.6 Å². The van der Waals surface area contributed by atoms with Crippen LogP contribution < -0.4 is 0 Å². The van der Waals surface area contributed by atoms with E-state index < -0.39 is 5.60 Å². The number of halogens is 2. The standard InChI is InChI=1S/C17H20Cl2N2O2/c1-17(2,3)23-16(22)21-6-4-11-12-8-10(18)9-13(19)15(12)20-14(11)5-7-21/h8-9,20H,4-7H2,1-3H3. The first-order valence-corrected chi connectivity index (χ1v) is 8.46. The molecule has 1 aromatic carbocycles. The van der Waals surface area contributed by atoms with Gasteiger partial charge in [-0.05, 0) is 44.9 Å². The topological polar surface area (TPSA) is 45.3 Å². The molecular formula is C17H20Cl2N2O2. The van der Waals surface area contributed by atoms with Crippen LogP contribution in [0, 0.1) is 0 Å². The molecule has 0 bridgehead atoms. The normalized spacial score (nSPS) is 15.4. The van der Waals surface area contributed by atoms with Crippen LogP contribution in [-0.4, -0.2) is 34.7 Å². The maximum absolute atomic E-state index is 12.3. The second-order valence-corrected chi connectivity index (χ2v) is 7.70. The molecule has 124 valence electrons. The van der Waals surface area contributed by atoms with Crippen LogP contribution in [0.25, 0.3) is 10.9 Å². The van der Waals surface area contributed by atoms with Crippen molar-refractivity contribution >= 4 is 40.2 Å². The van der Waals surface area contributed by atoms with Gasteiger partial charge in [-0.3, -0.25) is 0 Å². The van der Waals surface area contributed by atoms with Gasteiger partial charge in [0, 0.05) is 35.6 Å². The zero-order chi connectivity index (χ0) is 16.8. The number of hydrogen-bond acceptors (Lipinski definition) is 2. The van der Waals surface area contributed by atoms with E-state index in [9.17, 15) is 4.79 Å². The molecule has 23 heavy (non-hydrogen) atoms. The Morgan fingerprint density at radius 1 is 1.22 bits per heavy atom. The summed E-state index contributed by atoms with van der Waals surface area (Å²) in [4.78, 5) is 17.4. The van der Waals surface area contributed by atoms with Gasteiger partial charge in [0.1, 0.15) is 5.60 Å². The van der Waals surface area contributed by atoms with Crippen LogP contribution in [-0.2, 0) is 17.6 Å². The molecule has 0 atom stereocenters. The Hall–Kier alpha value is -1.39. The number of nitrogens with one attached hydrogen (secondary N) is 1. The second-order valence-electron chi connectivity index (χ2n) is 6.86. The van der Waals surface area contributed by atoms with Crippen molar-refractivity contribution in [3.05, 3.63) is 33.4 Å². The van der Waals surface area contributed by atoms with Crippen LogP contribution in [0.3, 0.4) is 0 Å². The van der Waals surface area contributed by atoms with Crippen molar-refractivity contribution in [2.75, 3.05) is 13.1 Å².